The third-order valence-electron chi connectivity index (χ3n) is 7.48. The number of piperidine rings is 1. The molecule has 2 aliphatic heterocycles. The molecule has 0 unspecified atom stereocenters. The predicted molar refractivity (Wildman–Crippen MR) is 160 cm³/mol. The van der Waals surface area contributed by atoms with Gasteiger partial charge in [-0.2, -0.15) is 0 Å². The second-order valence-corrected chi connectivity index (χ2v) is 11.3. The van der Waals surface area contributed by atoms with Crippen LogP contribution in [0.15, 0.2) is 83.3 Å². The number of pyridine rings is 1. The topological polar surface area (TPSA) is 79.7 Å². The van der Waals surface area contributed by atoms with Gasteiger partial charge in [0.05, 0.1) is 25.3 Å². The number of benzene rings is 2. The average Bonchev–Trinajstić information content (AvgIpc) is 3.47. The van der Waals surface area contributed by atoms with E-state index in [1.807, 2.05) is 35.7 Å². The molecule has 1 saturated heterocycles. The number of hydrogen-bond donors (Lipinski definition) is 1. The largest absolute Gasteiger partial charge is 0.371 e. The number of fused-ring (bicyclic) bond motifs is 1. The smallest absolute Gasteiger partial charge is 0.183 e. The number of anilines is 1. The molecule has 4 aromatic rings. The highest BCUT2D eigenvalue weighted by molar-refractivity contribution is 7.14. The number of thiazole rings is 1. The lowest BCUT2D eigenvalue weighted by atomic mass is 9.96. The van der Waals surface area contributed by atoms with E-state index in [1.54, 1.807) is 23.6 Å². The summed E-state index contributed by atoms with van der Waals surface area (Å²) < 4.78 is 5.87. The molecule has 6 rings (SSSR count). The van der Waals surface area contributed by atoms with E-state index in [0.717, 1.165) is 48.3 Å². The van der Waals surface area contributed by atoms with E-state index < -0.39 is 0 Å². The van der Waals surface area contributed by atoms with Crippen LogP contribution >= 0.6 is 11.3 Å². The Bertz CT molecular complexity index is 1460. The molecule has 4 heterocycles. The molecule has 0 amide bonds. The molecule has 8 heteroatoms. The van der Waals surface area contributed by atoms with Gasteiger partial charge in [-0.05, 0) is 49.0 Å². The van der Waals surface area contributed by atoms with Crippen LogP contribution in [0.5, 0.6) is 0 Å². The summed E-state index contributed by atoms with van der Waals surface area (Å²) in [7, 11) is 0. The Morgan fingerprint density at radius 2 is 1.70 bits per heavy atom. The van der Waals surface area contributed by atoms with Gasteiger partial charge in [0.1, 0.15) is 17.1 Å². The lowest BCUT2D eigenvalue weighted by Crippen LogP contribution is -2.35. The van der Waals surface area contributed by atoms with Crippen LogP contribution in [0.1, 0.15) is 40.7 Å². The van der Waals surface area contributed by atoms with Gasteiger partial charge in [0, 0.05) is 30.2 Å². The standard InChI is InChI=1S/C32H33N5O2S/c38-29-17-26(21-39-20-25-9-5-2-6-10-25)35-30-27(29)11-14-33-31(30)28-22-40-32(36-28)34-18-23-12-15-37(16-13-23)19-24-7-3-1-4-8-24/h1-11,14,22-23H,12-13,15-21H2,(H,34,36). The van der Waals surface area contributed by atoms with Crippen LogP contribution in [-0.4, -0.2) is 52.6 Å². The zero-order chi connectivity index (χ0) is 27.1. The molecule has 0 saturated carbocycles. The number of rotatable bonds is 10. The maximum Gasteiger partial charge on any atom is 0.183 e. The zero-order valence-electron chi connectivity index (χ0n) is 22.5. The fourth-order valence-electron chi connectivity index (χ4n) is 5.29. The normalized spacial score (nSPS) is 16.0. The summed E-state index contributed by atoms with van der Waals surface area (Å²) in [4.78, 5) is 29.7. The highest BCUT2D eigenvalue weighted by Crippen LogP contribution is 2.36. The van der Waals surface area contributed by atoms with Crippen LogP contribution in [0.4, 0.5) is 10.8 Å². The van der Waals surface area contributed by atoms with E-state index in [-0.39, 0.29) is 12.2 Å². The summed E-state index contributed by atoms with van der Waals surface area (Å²) in [6, 6.07) is 22.4. The minimum Gasteiger partial charge on any atom is -0.371 e. The van der Waals surface area contributed by atoms with Crippen LogP contribution in [0.25, 0.3) is 11.4 Å². The third kappa shape index (κ3) is 6.53. The van der Waals surface area contributed by atoms with Crippen molar-refractivity contribution in [2.45, 2.75) is 32.4 Å². The monoisotopic (exact) mass is 551 g/mol. The number of carbonyl (C=O) groups excluding carboxylic acids is 1. The summed E-state index contributed by atoms with van der Waals surface area (Å²) in [5.74, 6) is 0.668. The van der Waals surface area contributed by atoms with Gasteiger partial charge >= 0.3 is 0 Å². The Morgan fingerprint density at radius 1 is 0.950 bits per heavy atom. The van der Waals surface area contributed by atoms with Crippen LogP contribution < -0.4 is 5.32 Å². The van der Waals surface area contributed by atoms with E-state index in [1.165, 1.54) is 18.4 Å². The predicted octanol–water partition coefficient (Wildman–Crippen LogP) is 6.40. The third-order valence-corrected chi connectivity index (χ3v) is 8.28. The molecular formula is C32H33N5O2S. The number of nitrogens with zero attached hydrogens (tertiary/aromatic N) is 4. The molecule has 0 atom stereocenters. The molecule has 7 nitrogen and oxygen atoms in total. The summed E-state index contributed by atoms with van der Waals surface area (Å²) in [6.45, 7) is 4.96. The number of carbonyl (C=O) groups is 1. The van der Waals surface area contributed by atoms with Crippen molar-refractivity contribution in [1.29, 1.82) is 0 Å². The van der Waals surface area contributed by atoms with Crippen molar-refractivity contribution < 1.29 is 9.53 Å². The Kier molecular flexibility index (Phi) is 8.37. The molecule has 1 N–H and O–H groups in total. The fourth-order valence-corrected chi connectivity index (χ4v) is 5.99. The Hall–Kier alpha value is -3.72. The average molecular weight is 552 g/mol. The lowest BCUT2D eigenvalue weighted by molar-refractivity contribution is 0.0993. The van der Waals surface area contributed by atoms with Gasteiger partial charge in [0.2, 0.25) is 0 Å². The zero-order valence-corrected chi connectivity index (χ0v) is 23.3. The molecule has 1 fully saturated rings. The van der Waals surface area contributed by atoms with Gasteiger partial charge in [-0.1, -0.05) is 60.7 Å². The Morgan fingerprint density at radius 3 is 2.48 bits per heavy atom. The molecule has 2 aromatic heterocycles. The first-order valence-electron chi connectivity index (χ1n) is 13.9. The summed E-state index contributed by atoms with van der Waals surface area (Å²) in [5, 5.41) is 6.42. The number of likely N-dealkylation sites (tertiary alicyclic amines) is 1. The number of ether oxygens (including phenoxy) is 1. The van der Waals surface area contributed by atoms with Crippen LogP contribution in [-0.2, 0) is 17.9 Å². The first-order chi connectivity index (χ1) is 19.7. The highest BCUT2D eigenvalue weighted by Gasteiger charge is 2.25. The van der Waals surface area contributed by atoms with Gasteiger partial charge in [-0.15, -0.1) is 11.3 Å². The maximum atomic E-state index is 12.9. The van der Waals surface area contributed by atoms with Crippen LogP contribution in [0.3, 0.4) is 0 Å². The Balaban J connectivity index is 1.06. The minimum absolute atomic E-state index is 0.0409. The molecule has 40 heavy (non-hydrogen) atoms. The second kappa shape index (κ2) is 12.6. The number of aromatic nitrogens is 2. The lowest BCUT2D eigenvalue weighted by Gasteiger charge is -2.32. The van der Waals surface area contributed by atoms with E-state index in [9.17, 15) is 4.79 Å². The molecule has 0 radical (unpaired) electrons. The van der Waals surface area contributed by atoms with Crippen LogP contribution in [0, 0.1) is 5.92 Å². The number of ketones is 1. The van der Waals surface area contributed by atoms with Crippen molar-refractivity contribution >= 4 is 33.7 Å². The molecule has 0 bridgehead atoms. The molecule has 2 aliphatic rings. The van der Waals surface area contributed by atoms with Gasteiger partial charge in [-0.3, -0.25) is 19.7 Å². The van der Waals surface area contributed by atoms with Gasteiger partial charge in [-0.25, -0.2) is 4.98 Å². The quantitative estimate of drug-likeness (QED) is 0.246. The molecule has 204 valence electrons. The van der Waals surface area contributed by atoms with E-state index in [2.05, 4.69) is 45.5 Å². The summed E-state index contributed by atoms with van der Waals surface area (Å²) >= 11 is 1.57. The second-order valence-electron chi connectivity index (χ2n) is 10.4. The molecule has 0 spiro atoms. The summed E-state index contributed by atoms with van der Waals surface area (Å²) in [6.07, 6.45) is 4.29. The van der Waals surface area contributed by atoms with E-state index >= 15 is 0 Å². The molecular weight excluding hydrogens is 518 g/mol. The van der Waals surface area contributed by atoms with Crippen molar-refractivity contribution in [2.24, 2.45) is 10.9 Å². The minimum atomic E-state index is 0.0409. The highest BCUT2D eigenvalue weighted by atomic mass is 32.1. The van der Waals surface area contributed by atoms with E-state index in [4.69, 9.17) is 14.7 Å². The molecule has 0 aliphatic carbocycles. The van der Waals surface area contributed by atoms with Crippen molar-refractivity contribution in [3.8, 4) is 11.4 Å². The van der Waals surface area contributed by atoms with Gasteiger partial charge in [0.15, 0.2) is 10.9 Å². The van der Waals surface area contributed by atoms with E-state index in [0.29, 0.717) is 36.1 Å². The van der Waals surface area contributed by atoms with Crippen molar-refractivity contribution in [3.05, 3.63) is 95.0 Å². The Labute approximate surface area is 239 Å². The number of nitrogens with one attached hydrogen (secondary N) is 1. The fraction of sp³-hybridized carbons (Fsp3) is 0.312. The van der Waals surface area contributed by atoms with Crippen LogP contribution in [0.2, 0.25) is 0 Å². The van der Waals surface area contributed by atoms with Crippen molar-refractivity contribution in [1.82, 2.24) is 14.9 Å². The van der Waals surface area contributed by atoms with Crippen molar-refractivity contribution in [2.75, 3.05) is 31.6 Å². The van der Waals surface area contributed by atoms with Gasteiger partial charge < -0.3 is 10.1 Å². The maximum absolute atomic E-state index is 12.9. The first-order valence-corrected chi connectivity index (χ1v) is 14.8. The van der Waals surface area contributed by atoms with Gasteiger partial charge in [0.25, 0.3) is 0 Å². The number of aliphatic imine (C=N–C) groups is 1. The van der Waals surface area contributed by atoms with Crippen molar-refractivity contribution in [3.63, 3.8) is 0 Å². The first kappa shape index (κ1) is 26.5. The summed E-state index contributed by atoms with van der Waals surface area (Å²) in [5.41, 5.74) is 5.77. The SMILES string of the molecule is O=C1CC(COCc2ccccc2)=Nc2c1ccnc2-c1csc(NCC2CCN(Cc3ccccc3)CC2)n1. The number of hydrogen-bond acceptors (Lipinski definition) is 8. The molecule has 2 aromatic carbocycles. The number of Topliss-reactive ketones (excluding diaryl/α,β-unsaturated/α-hetero) is 1.